The number of alkyl halides is 3. The monoisotopic (exact) mass is 473 g/mol. The second-order valence-electron chi connectivity index (χ2n) is 7.61. The van der Waals surface area contributed by atoms with Gasteiger partial charge in [0.25, 0.3) is 5.91 Å². The van der Waals surface area contributed by atoms with Crippen LogP contribution in [-0.4, -0.2) is 33.9 Å². The molecular weight excluding hydrogens is 455 g/mol. The second-order valence-corrected chi connectivity index (χ2v) is 7.61. The molecule has 0 unspecified atom stereocenters. The van der Waals surface area contributed by atoms with Gasteiger partial charge in [-0.15, -0.1) is 12.4 Å². The Kier molecular flexibility index (Phi) is 6.03. The van der Waals surface area contributed by atoms with E-state index in [4.69, 9.17) is 4.74 Å². The molecule has 0 fully saturated rings. The summed E-state index contributed by atoms with van der Waals surface area (Å²) in [6.45, 7) is 0.943. The minimum Gasteiger partial charge on any atom is -0.491 e. The van der Waals surface area contributed by atoms with E-state index in [1.54, 1.807) is 11.2 Å². The van der Waals surface area contributed by atoms with Gasteiger partial charge in [0.05, 0.1) is 29.5 Å². The zero-order valence-electron chi connectivity index (χ0n) is 17.2. The maximum atomic E-state index is 13.0. The van der Waals surface area contributed by atoms with Crippen molar-refractivity contribution < 1.29 is 22.7 Å². The van der Waals surface area contributed by atoms with E-state index in [0.29, 0.717) is 25.4 Å². The first kappa shape index (κ1) is 22.7. The number of fused-ring (bicyclic) bond motifs is 2. The van der Waals surface area contributed by atoms with E-state index in [-0.39, 0.29) is 23.9 Å². The van der Waals surface area contributed by atoms with Crippen molar-refractivity contribution in [2.24, 2.45) is 0 Å². The van der Waals surface area contributed by atoms with Crippen molar-refractivity contribution in [2.45, 2.75) is 12.7 Å². The van der Waals surface area contributed by atoms with Crippen LogP contribution in [-0.2, 0) is 12.7 Å². The van der Waals surface area contributed by atoms with Crippen LogP contribution in [0, 0.1) is 0 Å². The number of benzene rings is 3. The number of imidazole rings is 1. The van der Waals surface area contributed by atoms with Gasteiger partial charge >= 0.3 is 6.18 Å². The van der Waals surface area contributed by atoms with Crippen LogP contribution in [0.15, 0.2) is 67.0 Å². The molecule has 1 aliphatic heterocycles. The Morgan fingerprint density at radius 3 is 2.48 bits per heavy atom. The molecule has 5 nitrogen and oxygen atoms in total. The third-order valence-electron chi connectivity index (χ3n) is 5.54. The molecule has 0 atom stereocenters. The van der Waals surface area contributed by atoms with Crippen molar-refractivity contribution in [1.29, 1.82) is 0 Å². The molecule has 0 spiro atoms. The molecule has 1 aliphatic rings. The van der Waals surface area contributed by atoms with Gasteiger partial charge in [0, 0.05) is 17.7 Å². The summed E-state index contributed by atoms with van der Waals surface area (Å²) in [5.74, 6) is 0.360. The van der Waals surface area contributed by atoms with Crippen LogP contribution in [0.1, 0.15) is 21.5 Å². The van der Waals surface area contributed by atoms with Crippen LogP contribution < -0.4 is 4.74 Å². The summed E-state index contributed by atoms with van der Waals surface area (Å²) < 4.78 is 44.3. The first-order valence-electron chi connectivity index (χ1n) is 10.0. The van der Waals surface area contributed by atoms with E-state index in [1.165, 1.54) is 12.1 Å². The second kappa shape index (κ2) is 8.78. The summed E-state index contributed by atoms with van der Waals surface area (Å²) in [6.07, 6.45) is -2.80. The van der Waals surface area contributed by atoms with Gasteiger partial charge in [-0.05, 0) is 59.7 Å². The van der Waals surface area contributed by atoms with Crippen molar-refractivity contribution in [3.05, 3.63) is 83.7 Å². The number of nitrogens with one attached hydrogen (secondary N) is 1. The molecule has 3 aromatic carbocycles. The fourth-order valence-corrected chi connectivity index (χ4v) is 3.85. The topological polar surface area (TPSA) is 58.2 Å². The number of halogens is 4. The Morgan fingerprint density at radius 2 is 1.73 bits per heavy atom. The van der Waals surface area contributed by atoms with Crippen molar-refractivity contribution in [3.8, 4) is 16.9 Å². The molecule has 170 valence electrons. The van der Waals surface area contributed by atoms with Crippen LogP contribution in [0.4, 0.5) is 13.2 Å². The number of hydrogen-bond acceptors (Lipinski definition) is 3. The molecule has 0 saturated carbocycles. The number of hydrogen-bond donors (Lipinski definition) is 1. The van der Waals surface area contributed by atoms with Gasteiger partial charge in [-0.25, -0.2) is 4.98 Å². The maximum Gasteiger partial charge on any atom is 0.416 e. The van der Waals surface area contributed by atoms with E-state index in [2.05, 4.69) is 9.97 Å². The van der Waals surface area contributed by atoms with Gasteiger partial charge < -0.3 is 14.6 Å². The fourth-order valence-electron chi connectivity index (χ4n) is 3.85. The fraction of sp³-hybridized carbons (Fsp3) is 0.167. The molecule has 0 radical (unpaired) electrons. The predicted octanol–water partition coefficient (Wildman–Crippen LogP) is 5.71. The normalized spacial score (nSPS) is 13.6. The summed E-state index contributed by atoms with van der Waals surface area (Å²) in [6, 6.07) is 16.0. The maximum absolute atomic E-state index is 13.0. The third-order valence-corrected chi connectivity index (χ3v) is 5.54. The molecule has 0 saturated heterocycles. The number of carbonyl (C=O) groups is 1. The molecule has 0 bridgehead atoms. The van der Waals surface area contributed by atoms with Crippen molar-refractivity contribution in [1.82, 2.24) is 14.9 Å². The highest BCUT2D eigenvalue weighted by Crippen LogP contribution is 2.32. The van der Waals surface area contributed by atoms with Gasteiger partial charge in [0.1, 0.15) is 12.4 Å². The lowest BCUT2D eigenvalue weighted by Crippen LogP contribution is -2.32. The van der Waals surface area contributed by atoms with Crippen LogP contribution in [0.3, 0.4) is 0 Å². The molecule has 33 heavy (non-hydrogen) atoms. The van der Waals surface area contributed by atoms with Crippen molar-refractivity contribution >= 4 is 29.3 Å². The molecule has 9 heteroatoms. The average molecular weight is 474 g/mol. The van der Waals surface area contributed by atoms with E-state index < -0.39 is 11.7 Å². The molecule has 0 aliphatic carbocycles. The van der Waals surface area contributed by atoms with Gasteiger partial charge in [-0.2, -0.15) is 13.2 Å². The van der Waals surface area contributed by atoms with Gasteiger partial charge in [-0.1, -0.05) is 12.1 Å². The highest BCUT2D eigenvalue weighted by atomic mass is 35.5. The third kappa shape index (κ3) is 4.52. The van der Waals surface area contributed by atoms with E-state index in [9.17, 15) is 18.0 Å². The lowest BCUT2D eigenvalue weighted by molar-refractivity contribution is -0.137. The average Bonchev–Trinajstić information content (AvgIpc) is 3.15. The molecule has 1 amide bonds. The number of rotatable bonds is 2. The minimum absolute atomic E-state index is 0. The molecule has 1 N–H and O–H groups in total. The summed E-state index contributed by atoms with van der Waals surface area (Å²) in [5, 5.41) is 0. The van der Waals surface area contributed by atoms with E-state index >= 15 is 0 Å². The minimum atomic E-state index is -4.44. The van der Waals surface area contributed by atoms with Crippen LogP contribution in [0.5, 0.6) is 5.75 Å². The zero-order valence-corrected chi connectivity index (χ0v) is 18.0. The number of H-pyrrole nitrogens is 1. The molecule has 4 aromatic rings. The highest BCUT2D eigenvalue weighted by Gasteiger charge is 2.30. The van der Waals surface area contributed by atoms with Gasteiger partial charge in [0.15, 0.2) is 0 Å². The largest absolute Gasteiger partial charge is 0.491 e. The Balaban J connectivity index is 0.00000259. The van der Waals surface area contributed by atoms with E-state index in [1.807, 2.05) is 36.4 Å². The summed E-state index contributed by atoms with van der Waals surface area (Å²) >= 11 is 0. The van der Waals surface area contributed by atoms with Gasteiger partial charge in [0.2, 0.25) is 0 Å². The summed E-state index contributed by atoms with van der Waals surface area (Å²) in [5.41, 5.74) is 4.03. The standard InChI is InChI=1S/C24H18F3N3O2.ClH/c25-24(26,27)19-5-1-15(2-6-19)23(31)30-9-10-32-22-8-4-16(11-18(22)13-30)17-3-7-20-21(12-17)29-14-28-20;/h1-8,11-12,14H,9-10,13H2,(H,28,29);1H. The van der Waals surface area contributed by atoms with Crippen molar-refractivity contribution in [3.63, 3.8) is 0 Å². The molecule has 5 rings (SSSR count). The zero-order chi connectivity index (χ0) is 22.3. The lowest BCUT2D eigenvalue weighted by Gasteiger charge is -2.20. The van der Waals surface area contributed by atoms with Crippen LogP contribution >= 0.6 is 12.4 Å². The number of nitrogens with zero attached hydrogens (tertiary/aromatic N) is 2. The van der Waals surface area contributed by atoms with Crippen molar-refractivity contribution in [2.75, 3.05) is 13.2 Å². The van der Waals surface area contributed by atoms with Crippen LogP contribution in [0.2, 0.25) is 0 Å². The number of aromatic amines is 1. The molecule has 1 aromatic heterocycles. The quantitative estimate of drug-likeness (QED) is 0.406. The number of carbonyl (C=O) groups excluding carboxylic acids is 1. The van der Waals surface area contributed by atoms with Gasteiger partial charge in [-0.3, -0.25) is 4.79 Å². The number of aromatic nitrogens is 2. The number of ether oxygens (including phenoxy) is 1. The number of amides is 1. The molecular formula is C24H19ClF3N3O2. The predicted molar refractivity (Wildman–Crippen MR) is 120 cm³/mol. The Hall–Kier alpha value is -3.52. The smallest absolute Gasteiger partial charge is 0.416 e. The van der Waals surface area contributed by atoms with E-state index in [0.717, 1.165) is 39.9 Å². The first-order chi connectivity index (χ1) is 15.4. The highest BCUT2D eigenvalue weighted by molar-refractivity contribution is 5.94. The summed E-state index contributed by atoms with van der Waals surface area (Å²) in [4.78, 5) is 21.9. The lowest BCUT2D eigenvalue weighted by atomic mass is 10.0. The molecule has 2 heterocycles. The Labute approximate surface area is 193 Å². The SMILES string of the molecule is Cl.O=C(c1ccc(C(F)(F)F)cc1)N1CCOc2ccc(-c3ccc4nc[nH]c4c3)cc2C1. The summed E-state index contributed by atoms with van der Waals surface area (Å²) in [7, 11) is 0. The first-order valence-corrected chi connectivity index (χ1v) is 10.0. The van der Waals surface area contributed by atoms with Crippen LogP contribution in [0.25, 0.3) is 22.2 Å². The Morgan fingerprint density at radius 1 is 1.00 bits per heavy atom. The Bertz CT molecular complexity index is 1300.